The second kappa shape index (κ2) is 7.06. The van der Waals surface area contributed by atoms with Gasteiger partial charge in [0.05, 0.1) is 27.4 Å². The number of amides is 1. The maximum Gasteiger partial charge on any atom is 0.417 e. The van der Waals surface area contributed by atoms with E-state index in [0.717, 1.165) is 24.3 Å². The number of hydrogen-bond donors (Lipinski definition) is 2. The van der Waals surface area contributed by atoms with Crippen LogP contribution in [-0.4, -0.2) is 9.63 Å². The van der Waals surface area contributed by atoms with Crippen molar-refractivity contribution in [2.75, 3.05) is 5.32 Å². The van der Waals surface area contributed by atoms with E-state index in [1.807, 2.05) is 0 Å². The molecule has 126 valence electrons. The Kier molecular flexibility index (Phi) is 5.49. The summed E-state index contributed by atoms with van der Waals surface area (Å²) in [5.74, 6) is -1.92. The van der Waals surface area contributed by atoms with E-state index in [-0.39, 0.29) is 20.0 Å². The molecule has 0 unspecified atom stereocenters. The molecule has 0 saturated carbocycles. The van der Waals surface area contributed by atoms with Crippen LogP contribution in [0.2, 0.25) is 5.02 Å². The van der Waals surface area contributed by atoms with Crippen molar-refractivity contribution in [1.82, 2.24) is 0 Å². The molecule has 0 aliphatic carbocycles. The normalized spacial score (nSPS) is 11.2. The average Bonchev–Trinajstić information content (AvgIpc) is 2.45. The molecule has 0 fully saturated rings. The summed E-state index contributed by atoms with van der Waals surface area (Å²) in [6.07, 6.45) is -4.78. The van der Waals surface area contributed by atoms with Gasteiger partial charge in [0.1, 0.15) is 9.54 Å². The van der Waals surface area contributed by atoms with Crippen LogP contribution < -0.4 is 5.32 Å². The highest BCUT2D eigenvalue weighted by Gasteiger charge is 2.36. The van der Waals surface area contributed by atoms with Crippen molar-refractivity contribution >= 4 is 49.5 Å². The molecule has 24 heavy (non-hydrogen) atoms. The third-order valence-electron chi connectivity index (χ3n) is 3.03. The lowest BCUT2D eigenvalue weighted by atomic mass is 10.1. The number of hydrogen-bond acceptors (Lipinski definition) is 2. The van der Waals surface area contributed by atoms with Gasteiger partial charge in [0.2, 0.25) is 0 Å². The van der Waals surface area contributed by atoms with Gasteiger partial charge in [-0.2, -0.15) is 13.2 Å². The summed E-state index contributed by atoms with van der Waals surface area (Å²) in [6.45, 7) is 0. The maximum atomic E-state index is 13.8. The van der Waals surface area contributed by atoms with Gasteiger partial charge < -0.3 is 5.32 Å². The second-order valence-electron chi connectivity index (χ2n) is 4.59. The maximum absolute atomic E-state index is 13.8. The Balaban J connectivity index is 2.50. The first-order valence-corrected chi connectivity index (χ1v) is 7.78. The van der Waals surface area contributed by atoms with E-state index >= 15 is 0 Å². The first kappa shape index (κ1) is 18.7. The topological polar surface area (TPSA) is 53.0 Å². The minimum atomic E-state index is -4.78. The van der Waals surface area contributed by atoms with Crippen LogP contribution in [0.4, 0.5) is 23.2 Å². The van der Waals surface area contributed by atoms with Crippen LogP contribution in [0.15, 0.2) is 36.4 Å². The number of benzene rings is 2. The molecule has 0 bridgehead atoms. The van der Waals surface area contributed by atoms with Crippen LogP contribution in [0, 0.1) is 11.2 Å². The number of rotatable bonds is 3. The van der Waals surface area contributed by atoms with E-state index < -0.39 is 29.0 Å². The molecule has 9 heteroatoms. The molecular weight excluding hydrogens is 463 g/mol. The Morgan fingerprint density at radius 2 is 1.75 bits per heavy atom. The van der Waals surface area contributed by atoms with Gasteiger partial charge in [-0.15, -0.1) is 0 Å². The van der Waals surface area contributed by atoms with Crippen LogP contribution in [0.3, 0.4) is 0 Å². The van der Waals surface area contributed by atoms with Crippen LogP contribution in [0.1, 0.15) is 21.5 Å². The zero-order valence-corrected chi connectivity index (χ0v) is 14.6. The number of carbonyl (C=O) groups is 1. The summed E-state index contributed by atoms with van der Waals surface area (Å²) in [7, 11) is 0. The lowest BCUT2D eigenvalue weighted by molar-refractivity contribution is -0.137. The summed E-state index contributed by atoms with van der Waals surface area (Å²) >= 11 is 7.28. The van der Waals surface area contributed by atoms with E-state index in [2.05, 4.69) is 5.32 Å². The molecule has 3 nitrogen and oxygen atoms in total. The molecule has 0 aliphatic heterocycles. The Morgan fingerprint density at radius 3 is 2.33 bits per heavy atom. The fraction of sp³-hybridized carbons (Fsp3) is 0.0667. The van der Waals surface area contributed by atoms with Crippen LogP contribution >= 0.6 is 34.2 Å². The Hall–Kier alpha value is -1.68. The third kappa shape index (κ3) is 3.86. The van der Waals surface area contributed by atoms with Crippen LogP contribution in [0.5, 0.6) is 0 Å². The lowest BCUT2D eigenvalue weighted by Gasteiger charge is -2.15. The average molecular weight is 471 g/mol. The molecule has 2 aromatic rings. The van der Waals surface area contributed by atoms with E-state index in [1.165, 1.54) is 34.7 Å². The minimum Gasteiger partial charge on any atom is -0.321 e. The number of alkyl halides is 3. The molecule has 0 heterocycles. The van der Waals surface area contributed by atoms with Gasteiger partial charge in [0.25, 0.3) is 5.91 Å². The van der Waals surface area contributed by atoms with Crippen molar-refractivity contribution in [3.8, 4) is 0 Å². The van der Waals surface area contributed by atoms with E-state index in [9.17, 15) is 22.4 Å². The highest BCUT2D eigenvalue weighted by molar-refractivity contribution is 14.1. The number of halogens is 6. The summed E-state index contributed by atoms with van der Waals surface area (Å²) in [5, 5.41) is 9.35. The predicted molar refractivity (Wildman–Crippen MR) is 91.7 cm³/mol. The number of nitrogens with one attached hydrogen (secondary N) is 2. The quantitative estimate of drug-likeness (QED) is 0.347. The molecule has 1 amide bonds. The molecule has 2 rings (SSSR count). The van der Waals surface area contributed by atoms with Gasteiger partial charge in [-0.3, -0.25) is 10.2 Å². The fourth-order valence-electron chi connectivity index (χ4n) is 2.03. The molecule has 0 saturated heterocycles. The van der Waals surface area contributed by atoms with Gasteiger partial charge in [-0.05, 0) is 46.9 Å². The first-order valence-electron chi connectivity index (χ1n) is 6.33. The van der Waals surface area contributed by atoms with E-state index in [1.54, 1.807) is 0 Å². The van der Waals surface area contributed by atoms with Crippen molar-refractivity contribution in [3.63, 3.8) is 0 Å². The van der Waals surface area contributed by atoms with Gasteiger partial charge in [-0.1, -0.05) is 23.7 Å². The summed E-state index contributed by atoms with van der Waals surface area (Å²) in [6, 6.07) is 6.59. The second-order valence-corrected chi connectivity index (χ2v) is 6.08. The molecule has 2 aromatic carbocycles. The third-order valence-corrected chi connectivity index (χ3v) is 3.88. The highest BCUT2D eigenvalue weighted by atomic mass is 127. The van der Waals surface area contributed by atoms with Crippen molar-refractivity contribution in [3.05, 3.63) is 63.9 Å². The molecule has 2 N–H and O–H groups in total. The number of anilines is 1. The molecule has 0 aromatic heterocycles. The van der Waals surface area contributed by atoms with Crippen LogP contribution in [0.25, 0.3) is 0 Å². The van der Waals surface area contributed by atoms with Crippen LogP contribution in [-0.2, 0) is 6.18 Å². The standard InChI is InChI=1S/C15H8ClF4IN2O/c16-8-4-1-3-7(15(18,19)20)11(8)14(24)23-10-6-2-5-9(17)12(10)13(21)22/h1-6,22H,(H,23,24). The molecule has 0 radical (unpaired) electrons. The summed E-state index contributed by atoms with van der Waals surface area (Å²) in [4.78, 5) is 12.3. The smallest absolute Gasteiger partial charge is 0.321 e. The van der Waals surface area contributed by atoms with E-state index in [0.29, 0.717) is 0 Å². The SMILES string of the molecule is N=C(I)c1c(F)cccc1NC(=O)c1c(Cl)cccc1C(F)(F)F. The van der Waals surface area contributed by atoms with E-state index in [4.69, 9.17) is 17.0 Å². The van der Waals surface area contributed by atoms with Gasteiger partial charge >= 0.3 is 6.18 Å². The zero-order chi connectivity index (χ0) is 18.1. The molecule has 0 atom stereocenters. The molecular formula is C15H8ClF4IN2O. The van der Waals surface area contributed by atoms with Gasteiger partial charge in [0.15, 0.2) is 0 Å². The van der Waals surface area contributed by atoms with Gasteiger partial charge in [0, 0.05) is 0 Å². The number of carbonyl (C=O) groups excluding carboxylic acids is 1. The summed E-state index contributed by atoms with van der Waals surface area (Å²) in [5.41, 5.74) is -2.30. The Bertz CT molecular complexity index is 824. The van der Waals surface area contributed by atoms with Crippen molar-refractivity contribution in [1.29, 1.82) is 5.41 Å². The Labute approximate surface area is 152 Å². The van der Waals surface area contributed by atoms with Gasteiger partial charge in [-0.25, -0.2) is 4.39 Å². The largest absolute Gasteiger partial charge is 0.417 e. The first-order chi connectivity index (χ1) is 11.1. The monoisotopic (exact) mass is 470 g/mol. The summed E-state index contributed by atoms with van der Waals surface area (Å²) < 4.78 is 52.8. The minimum absolute atomic E-state index is 0.118. The Morgan fingerprint density at radius 1 is 1.12 bits per heavy atom. The molecule has 0 aliphatic rings. The van der Waals surface area contributed by atoms with Crippen molar-refractivity contribution < 1.29 is 22.4 Å². The lowest BCUT2D eigenvalue weighted by Crippen LogP contribution is -2.20. The fourth-order valence-corrected chi connectivity index (χ4v) is 2.84. The predicted octanol–water partition coefficient (Wildman–Crippen LogP) is 5.51. The van der Waals surface area contributed by atoms with Crippen molar-refractivity contribution in [2.24, 2.45) is 0 Å². The zero-order valence-electron chi connectivity index (χ0n) is 11.6. The molecule has 0 spiro atoms. The highest BCUT2D eigenvalue weighted by Crippen LogP contribution is 2.35. The van der Waals surface area contributed by atoms with Crippen molar-refractivity contribution in [2.45, 2.75) is 6.18 Å².